The van der Waals surface area contributed by atoms with E-state index in [1.54, 1.807) is 6.92 Å². The number of carbonyl (C=O) groups excluding carboxylic acids is 1. The summed E-state index contributed by atoms with van der Waals surface area (Å²) in [6.45, 7) is 9.87. The summed E-state index contributed by atoms with van der Waals surface area (Å²) in [7, 11) is 0. The standard InChI is InChI=1S/C29H46O7/c1-5-18-7-9-22-21-8-6-19-14-20(10-13-29(19,15-30)23(21)11-12-28(18,22)4)36-27-25(33)24(32)26(16(2)34-27)35-17(3)31/h5,16,18-27,30,32-33H,1,6-15H2,2-4H3/t16-,18-,19-,20-,21-,22-,23-,24-,25-,26+,27-,28-,29+/m0/s1. The zero-order valence-electron chi connectivity index (χ0n) is 22.2. The average molecular weight is 507 g/mol. The van der Waals surface area contributed by atoms with Crippen LogP contribution in [-0.4, -0.2) is 64.7 Å². The van der Waals surface area contributed by atoms with Crippen LogP contribution >= 0.6 is 0 Å². The maximum absolute atomic E-state index is 11.4. The molecule has 5 rings (SSSR count). The summed E-state index contributed by atoms with van der Waals surface area (Å²) in [5.41, 5.74) is 0.318. The van der Waals surface area contributed by atoms with Crippen LogP contribution in [0.1, 0.15) is 78.6 Å². The largest absolute Gasteiger partial charge is 0.457 e. The molecule has 0 aromatic rings. The van der Waals surface area contributed by atoms with Crippen LogP contribution in [0.4, 0.5) is 0 Å². The first-order chi connectivity index (χ1) is 17.1. The van der Waals surface area contributed by atoms with Gasteiger partial charge in [-0.05, 0) is 105 Å². The third kappa shape index (κ3) is 4.17. The fourth-order valence-electron chi connectivity index (χ4n) is 9.53. The number of rotatable bonds is 5. The summed E-state index contributed by atoms with van der Waals surface area (Å²) in [4.78, 5) is 11.4. The lowest BCUT2D eigenvalue weighted by atomic mass is 9.44. The third-order valence-corrected chi connectivity index (χ3v) is 11.4. The van der Waals surface area contributed by atoms with Gasteiger partial charge in [0.2, 0.25) is 0 Å². The Morgan fingerprint density at radius 3 is 2.56 bits per heavy atom. The lowest BCUT2D eigenvalue weighted by Crippen LogP contribution is -2.60. The molecule has 4 saturated carbocycles. The molecule has 4 aliphatic carbocycles. The van der Waals surface area contributed by atoms with Crippen molar-refractivity contribution < 1.29 is 34.3 Å². The van der Waals surface area contributed by atoms with Crippen LogP contribution in [0.3, 0.4) is 0 Å². The second-order valence-electron chi connectivity index (χ2n) is 12.8. The molecule has 1 heterocycles. The number of carbonyl (C=O) groups is 1. The van der Waals surface area contributed by atoms with Crippen LogP contribution in [0.15, 0.2) is 12.7 Å². The molecule has 0 bridgehead atoms. The van der Waals surface area contributed by atoms with Crippen molar-refractivity contribution in [2.24, 2.45) is 40.4 Å². The van der Waals surface area contributed by atoms with Crippen LogP contribution in [0.2, 0.25) is 0 Å². The lowest BCUT2D eigenvalue weighted by molar-refractivity contribution is -0.312. The van der Waals surface area contributed by atoms with Crippen LogP contribution in [0.25, 0.3) is 0 Å². The van der Waals surface area contributed by atoms with Gasteiger partial charge in [-0.15, -0.1) is 6.58 Å². The van der Waals surface area contributed by atoms with E-state index in [1.807, 2.05) is 0 Å². The van der Waals surface area contributed by atoms with Gasteiger partial charge >= 0.3 is 5.97 Å². The van der Waals surface area contributed by atoms with Crippen LogP contribution < -0.4 is 0 Å². The Balaban J connectivity index is 1.26. The molecule has 0 amide bonds. The number of aliphatic hydroxyl groups is 3. The van der Waals surface area contributed by atoms with Crippen molar-refractivity contribution >= 4 is 5.97 Å². The van der Waals surface area contributed by atoms with Gasteiger partial charge in [-0.3, -0.25) is 4.79 Å². The molecule has 0 aromatic heterocycles. The van der Waals surface area contributed by atoms with E-state index >= 15 is 0 Å². The maximum Gasteiger partial charge on any atom is 0.303 e. The minimum atomic E-state index is -1.29. The van der Waals surface area contributed by atoms with E-state index in [-0.39, 0.29) is 18.1 Å². The predicted molar refractivity (Wildman–Crippen MR) is 134 cm³/mol. The normalized spacial score (nSPS) is 52.6. The Morgan fingerprint density at radius 2 is 1.86 bits per heavy atom. The highest BCUT2D eigenvalue weighted by molar-refractivity contribution is 5.66. The summed E-state index contributed by atoms with van der Waals surface area (Å²) in [5.74, 6) is 2.47. The fourth-order valence-corrected chi connectivity index (χ4v) is 9.53. The highest BCUT2D eigenvalue weighted by Gasteiger charge is 2.61. The molecular weight excluding hydrogens is 460 g/mol. The van der Waals surface area contributed by atoms with Crippen molar-refractivity contribution in [3.05, 3.63) is 12.7 Å². The molecule has 0 radical (unpaired) electrons. The number of ether oxygens (including phenoxy) is 3. The van der Waals surface area contributed by atoms with Gasteiger partial charge in [0.05, 0.1) is 12.2 Å². The Labute approximate surface area is 215 Å². The molecule has 1 saturated heterocycles. The average Bonchev–Trinajstić information content (AvgIpc) is 3.21. The van der Waals surface area contributed by atoms with Gasteiger partial charge in [0, 0.05) is 13.5 Å². The van der Waals surface area contributed by atoms with Crippen molar-refractivity contribution in [3.63, 3.8) is 0 Å². The van der Waals surface area contributed by atoms with Gasteiger partial charge in [0.1, 0.15) is 12.2 Å². The summed E-state index contributed by atoms with van der Waals surface area (Å²) in [6.07, 6.45) is 6.93. The van der Waals surface area contributed by atoms with Gasteiger partial charge in [0.25, 0.3) is 0 Å². The van der Waals surface area contributed by atoms with Crippen molar-refractivity contribution in [3.8, 4) is 0 Å². The van der Waals surface area contributed by atoms with Crippen LogP contribution in [0.5, 0.6) is 0 Å². The van der Waals surface area contributed by atoms with Gasteiger partial charge in [-0.1, -0.05) is 13.0 Å². The number of esters is 1. The molecule has 0 spiro atoms. The van der Waals surface area contributed by atoms with Crippen molar-refractivity contribution in [1.82, 2.24) is 0 Å². The summed E-state index contributed by atoms with van der Waals surface area (Å²) < 4.78 is 17.3. The molecule has 0 aromatic carbocycles. The lowest BCUT2D eigenvalue weighted by Gasteiger charge is -2.61. The van der Waals surface area contributed by atoms with E-state index in [0.717, 1.165) is 31.6 Å². The first kappa shape index (κ1) is 26.6. The van der Waals surface area contributed by atoms with Gasteiger partial charge in [0.15, 0.2) is 12.4 Å². The molecule has 0 unspecified atom stereocenters. The van der Waals surface area contributed by atoms with E-state index in [9.17, 15) is 20.1 Å². The van der Waals surface area contributed by atoms with Crippen molar-refractivity contribution in [2.75, 3.05) is 6.61 Å². The molecule has 36 heavy (non-hydrogen) atoms. The molecule has 3 N–H and O–H groups in total. The number of fused-ring (bicyclic) bond motifs is 5. The monoisotopic (exact) mass is 506 g/mol. The van der Waals surface area contributed by atoms with Crippen molar-refractivity contribution in [1.29, 1.82) is 0 Å². The Morgan fingerprint density at radius 1 is 1.08 bits per heavy atom. The molecule has 5 fully saturated rings. The van der Waals surface area contributed by atoms with Crippen molar-refractivity contribution in [2.45, 2.75) is 115 Å². The number of allylic oxidation sites excluding steroid dienone is 1. The molecule has 5 aliphatic rings. The number of hydrogen-bond acceptors (Lipinski definition) is 7. The third-order valence-electron chi connectivity index (χ3n) is 11.4. The Bertz CT molecular complexity index is 832. The second-order valence-corrected chi connectivity index (χ2v) is 12.8. The molecule has 1 aliphatic heterocycles. The summed E-state index contributed by atoms with van der Waals surface area (Å²) >= 11 is 0. The quantitative estimate of drug-likeness (QED) is 0.297. The Kier molecular flexibility index (Phi) is 7.36. The maximum atomic E-state index is 11.4. The molecular formula is C29H46O7. The first-order valence-corrected chi connectivity index (χ1v) is 14.2. The fraction of sp³-hybridized carbons (Fsp3) is 0.897. The van der Waals surface area contributed by atoms with E-state index in [4.69, 9.17) is 14.2 Å². The predicted octanol–water partition coefficient (Wildman–Crippen LogP) is 3.59. The highest BCUT2D eigenvalue weighted by atomic mass is 16.7. The van der Waals surface area contributed by atoms with Crippen LogP contribution in [0, 0.1) is 40.4 Å². The molecule has 204 valence electrons. The summed E-state index contributed by atoms with van der Waals surface area (Å²) in [5, 5.41) is 32.1. The van der Waals surface area contributed by atoms with E-state index < -0.39 is 36.7 Å². The molecule has 13 atom stereocenters. The first-order valence-electron chi connectivity index (χ1n) is 14.2. The zero-order chi connectivity index (χ0) is 25.8. The van der Waals surface area contributed by atoms with Crippen LogP contribution in [-0.2, 0) is 19.0 Å². The minimum Gasteiger partial charge on any atom is -0.457 e. The van der Waals surface area contributed by atoms with Gasteiger partial charge in [-0.25, -0.2) is 0 Å². The zero-order valence-corrected chi connectivity index (χ0v) is 22.2. The topological polar surface area (TPSA) is 105 Å². The minimum absolute atomic E-state index is 0.0460. The van der Waals surface area contributed by atoms with E-state index in [1.165, 1.54) is 39.0 Å². The van der Waals surface area contributed by atoms with E-state index in [2.05, 4.69) is 19.6 Å². The Hall–Kier alpha value is -0.990. The molecule has 7 nitrogen and oxygen atoms in total. The SMILES string of the molecule is C=C[C@H]1CC[C@H]2[C@@H]3CC[C@H]4C[C@@H](O[C@@H]5O[C@@H](C)[C@@H](OC(C)=O)[C@@H](O)[C@@H]5O)CC[C@]4(CO)[C@H]3CC[C@@]12C. The van der Waals surface area contributed by atoms with E-state index in [0.29, 0.717) is 29.1 Å². The summed E-state index contributed by atoms with van der Waals surface area (Å²) in [6, 6.07) is 0. The second kappa shape index (κ2) is 9.96. The number of hydrogen-bond donors (Lipinski definition) is 3. The molecule has 7 heteroatoms. The number of aliphatic hydroxyl groups excluding tert-OH is 3. The highest BCUT2D eigenvalue weighted by Crippen LogP contribution is 2.67. The smallest absolute Gasteiger partial charge is 0.303 e. The van der Waals surface area contributed by atoms with Gasteiger partial charge in [-0.2, -0.15) is 0 Å². The van der Waals surface area contributed by atoms with Gasteiger partial charge < -0.3 is 29.5 Å².